The fourth-order valence-electron chi connectivity index (χ4n) is 3.42. The van der Waals surface area contributed by atoms with Crippen molar-refractivity contribution in [2.24, 2.45) is 0 Å². The maximum Gasteiger partial charge on any atom is 0.237 e. The summed E-state index contributed by atoms with van der Waals surface area (Å²) in [5, 5.41) is 6.26. The van der Waals surface area contributed by atoms with E-state index in [1.807, 2.05) is 0 Å². The van der Waals surface area contributed by atoms with E-state index in [4.69, 9.17) is 4.74 Å². The van der Waals surface area contributed by atoms with Gasteiger partial charge in [0.2, 0.25) is 5.91 Å². The third kappa shape index (κ3) is 3.85. The third-order valence-electron chi connectivity index (χ3n) is 4.59. The molecule has 3 unspecified atom stereocenters. The number of hydrogen-bond acceptors (Lipinski definition) is 4. The van der Waals surface area contributed by atoms with Crippen LogP contribution in [0.5, 0.6) is 0 Å². The predicted molar refractivity (Wildman–Crippen MR) is 80.2 cm³/mol. The van der Waals surface area contributed by atoms with Crippen LogP contribution in [0.2, 0.25) is 0 Å². The molecule has 2 N–H and O–H groups in total. The Morgan fingerprint density at radius 2 is 2.20 bits per heavy atom. The Labute approximate surface area is 127 Å². The van der Waals surface area contributed by atoms with E-state index >= 15 is 0 Å². The zero-order valence-electron chi connectivity index (χ0n) is 12.0. The van der Waals surface area contributed by atoms with Crippen LogP contribution in [0, 0.1) is 0 Å². The van der Waals surface area contributed by atoms with Crippen LogP contribution in [0.15, 0.2) is 0 Å². The van der Waals surface area contributed by atoms with Gasteiger partial charge in [0, 0.05) is 19.1 Å². The number of rotatable bonds is 3. The lowest BCUT2D eigenvalue weighted by molar-refractivity contribution is -0.124. The van der Waals surface area contributed by atoms with E-state index in [1.165, 1.54) is 25.8 Å². The number of halogens is 1. The van der Waals surface area contributed by atoms with E-state index in [0.29, 0.717) is 12.6 Å². The largest absolute Gasteiger partial charge is 0.373 e. The van der Waals surface area contributed by atoms with Crippen molar-refractivity contribution in [1.82, 2.24) is 15.5 Å². The summed E-state index contributed by atoms with van der Waals surface area (Å²) < 4.78 is 5.88. The number of hydrogen-bond donors (Lipinski definition) is 2. The van der Waals surface area contributed by atoms with Crippen molar-refractivity contribution >= 4 is 18.3 Å². The maximum absolute atomic E-state index is 11.9. The van der Waals surface area contributed by atoms with Crippen molar-refractivity contribution < 1.29 is 9.53 Å². The van der Waals surface area contributed by atoms with Gasteiger partial charge in [0.25, 0.3) is 0 Å². The van der Waals surface area contributed by atoms with Gasteiger partial charge in [-0.3, -0.25) is 9.69 Å². The minimum absolute atomic E-state index is 0. The average Bonchev–Trinajstić information content (AvgIpc) is 2.99. The number of morpholine rings is 1. The first-order valence-corrected chi connectivity index (χ1v) is 7.69. The normalized spacial score (nSPS) is 34.1. The Morgan fingerprint density at radius 1 is 1.30 bits per heavy atom. The molecule has 116 valence electrons. The fourth-order valence-corrected chi connectivity index (χ4v) is 3.42. The summed E-state index contributed by atoms with van der Waals surface area (Å²) in [6, 6.07) is 0.642. The van der Waals surface area contributed by atoms with E-state index < -0.39 is 0 Å². The second-order valence-corrected chi connectivity index (χ2v) is 5.99. The third-order valence-corrected chi connectivity index (χ3v) is 4.59. The van der Waals surface area contributed by atoms with E-state index in [9.17, 15) is 4.79 Å². The summed E-state index contributed by atoms with van der Waals surface area (Å²) in [6.07, 6.45) is 6.14. The molecule has 6 heteroatoms. The number of ether oxygens (including phenoxy) is 1. The number of piperidine rings is 1. The van der Waals surface area contributed by atoms with Crippen LogP contribution in [-0.4, -0.2) is 61.8 Å². The van der Waals surface area contributed by atoms with E-state index in [1.54, 1.807) is 0 Å². The van der Waals surface area contributed by atoms with E-state index in [2.05, 4.69) is 15.5 Å². The highest BCUT2D eigenvalue weighted by Gasteiger charge is 2.31. The molecular weight excluding hydrogens is 278 g/mol. The highest BCUT2D eigenvalue weighted by Crippen LogP contribution is 2.21. The molecule has 0 aromatic heterocycles. The molecule has 1 amide bonds. The predicted octanol–water partition coefficient (Wildman–Crippen LogP) is 0.530. The second kappa shape index (κ2) is 7.59. The average molecular weight is 304 g/mol. The van der Waals surface area contributed by atoms with Gasteiger partial charge in [-0.05, 0) is 38.8 Å². The lowest BCUT2D eigenvalue weighted by atomic mass is 10.0. The summed E-state index contributed by atoms with van der Waals surface area (Å²) in [7, 11) is 0. The standard InChI is InChI=1S/C14H25N3O2.ClH/c18-14(13-5-3-6-15-13)16-8-12-9-17-7-2-1-4-11(17)10-19-12;/h11-13,15H,1-10H2,(H,16,18);1H. The van der Waals surface area contributed by atoms with E-state index in [0.717, 1.165) is 32.5 Å². The molecule has 0 aromatic carbocycles. The molecule has 3 aliphatic rings. The first-order valence-electron chi connectivity index (χ1n) is 7.69. The van der Waals surface area contributed by atoms with Crippen molar-refractivity contribution in [3.63, 3.8) is 0 Å². The summed E-state index contributed by atoms with van der Waals surface area (Å²) in [4.78, 5) is 14.5. The Balaban J connectivity index is 0.00000147. The quantitative estimate of drug-likeness (QED) is 0.799. The minimum atomic E-state index is 0. The van der Waals surface area contributed by atoms with Crippen molar-refractivity contribution in [2.75, 3.05) is 32.8 Å². The molecule has 3 aliphatic heterocycles. The zero-order chi connectivity index (χ0) is 13.1. The molecule has 0 aromatic rings. The molecule has 0 saturated carbocycles. The summed E-state index contributed by atoms with van der Waals surface area (Å²) >= 11 is 0. The summed E-state index contributed by atoms with van der Waals surface area (Å²) in [5.41, 5.74) is 0. The molecule has 3 atom stereocenters. The fraction of sp³-hybridized carbons (Fsp3) is 0.929. The first kappa shape index (κ1) is 16.0. The first-order chi connectivity index (χ1) is 9.33. The molecule has 5 nitrogen and oxygen atoms in total. The molecule has 0 aliphatic carbocycles. The number of nitrogens with zero attached hydrogens (tertiary/aromatic N) is 1. The molecule has 0 bridgehead atoms. The number of nitrogens with one attached hydrogen (secondary N) is 2. The number of carbonyl (C=O) groups is 1. The molecule has 0 spiro atoms. The SMILES string of the molecule is Cl.O=C(NCC1CN2CCCCC2CO1)C1CCCN1. The van der Waals surface area contributed by atoms with Crippen LogP contribution < -0.4 is 10.6 Å². The van der Waals surface area contributed by atoms with Crippen molar-refractivity contribution in [3.05, 3.63) is 0 Å². The van der Waals surface area contributed by atoms with Gasteiger partial charge in [0.05, 0.1) is 18.8 Å². The Hall–Kier alpha value is -0.360. The molecule has 20 heavy (non-hydrogen) atoms. The van der Waals surface area contributed by atoms with Gasteiger partial charge in [-0.15, -0.1) is 12.4 Å². The van der Waals surface area contributed by atoms with Gasteiger partial charge in [-0.1, -0.05) is 6.42 Å². The summed E-state index contributed by atoms with van der Waals surface area (Å²) in [5.74, 6) is 0.141. The van der Waals surface area contributed by atoms with Crippen LogP contribution in [0.3, 0.4) is 0 Å². The van der Waals surface area contributed by atoms with Gasteiger partial charge in [0.1, 0.15) is 0 Å². The lowest BCUT2D eigenvalue weighted by Crippen LogP contribution is -2.55. The van der Waals surface area contributed by atoms with Gasteiger partial charge >= 0.3 is 0 Å². The molecular formula is C14H26ClN3O2. The van der Waals surface area contributed by atoms with Gasteiger partial charge in [-0.25, -0.2) is 0 Å². The molecule has 3 fully saturated rings. The van der Waals surface area contributed by atoms with Crippen LogP contribution in [-0.2, 0) is 9.53 Å². The van der Waals surface area contributed by atoms with Crippen molar-refractivity contribution in [2.45, 2.75) is 50.3 Å². The molecule has 3 rings (SSSR count). The smallest absolute Gasteiger partial charge is 0.237 e. The number of fused-ring (bicyclic) bond motifs is 1. The lowest BCUT2D eigenvalue weighted by Gasteiger charge is -2.42. The molecule has 3 saturated heterocycles. The van der Waals surface area contributed by atoms with Gasteiger partial charge in [-0.2, -0.15) is 0 Å². The molecule has 0 radical (unpaired) electrons. The van der Waals surface area contributed by atoms with E-state index in [-0.39, 0.29) is 30.5 Å². The molecule has 3 heterocycles. The Morgan fingerprint density at radius 3 is 3.00 bits per heavy atom. The van der Waals surface area contributed by atoms with Gasteiger partial charge < -0.3 is 15.4 Å². The highest BCUT2D eigenvalue weighted by atomic mass is 35.5. The van der Waals surface area contributed by atoms with Crippen molar-refractivity contribution in [3.8, 4) is 0 Å². The van der Waals surface area contributed by atoms with Crippen LogP contribution in [0.1, 0.15) is 32.1 Å². The number of carbonyl (C=O) groups excluding carboxylic acids is 1. The van der Waals surface area contributed by atoms with Crippen LogP contribution in [0.4, 0.5) is 0 Å². The van der Waals surface area contributed by atoms with Crippen LogP contribution >= 0.6 is 12.4 Å². The Kier molecular flexibility index (Phi) is 6.08. The monoisotopic (exact) mass is 303 g/mol. The zero-order valence-corrected chi connectivity index (χ0v) is 12.8. The minimum Gasteiger partial charge on any atom is -0.373 e. The second-order valence-electron chi connectivity index (χ2n) is 5.99. The summed E-state index contributed by atoms with van der Waals surface area (Å²) in [6.45, 7) is 4.63. The maximum atomic E-state index is 11.9. The number of amides is 1. The van der Waals surface area contributed by atoms with Crippen molar-refractivity contribution in [1.29, 1.82) is 0 Å². The topological polar surface area (TPSA) is 53.6 Å². The Bertz CT molecular complexity index is 324. The van der Waals surface area contributed by atoms with Gasteiger partial charge in [0.15, 0.2) is 0 Å². The van der Waals surface area contributed by atoms with Crippen LogP contribution in [0.25, 0.3) is 0 Å². The highest BCUT2D eigenvalue weighted by molar-refractivity contribution is 5.85.